The molecule has 3 rings (SSSR count). The van der Waals surface area contributed by atoms with Crippen LogP contribution >= 0.6 is 0 Å². The minimum Gasteiger partial charge on any atom is -0.399 e. The van der Waals surface area contributed by atoms with Gasteiger partial charge in [0, 0.05) is 11.4 Å². The topological polar surface area (TPSA) is 155 Å². The van der Waals surface area contributed by atoms with Crippen molar-refractivity contribution in [2.45, 2.75) is 4.90 Å². The quantitative estimate of drug-likeness (QED) is 0.310. The summed E-state index contributed by atoms with van der Waals surface area (Å²) in [4.78, 5) is 4.24. The highest BCUT2D eigenvalue weighted by Gasteiger charge is 2.15. The van der Waals surface area contributed by atoms with Gasteiger partial charge >= 0.3 is 0 Å². The second kappa shape index (κ2) is 7.06. The number of benzene rings is 2. The highest BCUT2D eigenvalue weighted by atomic mass is 32.2. The average Bonchev–Trinajstić information content (AvgIpc) is 2.60. The van der Waals surface area contributed by atoms with Crippen molar-refractivity contribution in [3.05, 3.63) is 72.1 Å². The van der Waals surface area contributed by atoms with E-state index < -0.39 is 10.1 Å². The molecule has 0 saturated carbocycles. The molecular formula is C18H17N5O3S. The molecule has 0 unspecified atom stereocenters. The predicted molar refractivity (Wildman–Crippen MR) is 106 cm³/mol. The number of hydrogen-bond acceptors (Lipinski definition) is 7. The summed E-state index contributed by atoms with van der Waals surface area (Å²) >= 11 is 0. The lowest BCUT2D eigenvalue weighted by Gasteiger charge is -2.16. The molecule has 9 heteroatoms. The van der Waals surface area contributed by atoms with Crippen LogP contribution in [0.25, 0.3) is 0 Å². The van der Waals surface area contributed by atoms with Gasteiger partial charge in [-0.25, -0.2) is 4.99 Å². The minimum atomic E-state index is -4.26. The Morgan fingerprint density at radius 1 is 0.963 bits per heavy atom. The van der Waals surface area contributed by atoms with Gasteiger partial charge in [0.25, 0.3) is 10.1 Å². The van der Waals surface area contributed by atoms with Gasteiger partial charge in [0.1, 0.15) is 0 Å². The third-order valence-electron chi connectivity index (χ3n) is 3.74. The number of nitrogens with zero attached hydrogens (tertiary/aromatic N) is 1. The lowest BCUT2D eigenvalue weighted by molar-refractivity contribution is 0.483. The zero-order valence-electron chi connectivity index (χ0n) is 14.0. The van der Waals surface area contributed by atoms with E-state index >= 15 is 0 Å². The summed E-state index contributed by atoms with van der Waals surface area (Å²) in [5.74, 6) is 0. The molecule has 0 spiro atoms. The Kier molecular flexibility index (Phi) is 4.80. The van der Waals surface area contributed by atoms with Crippen molar-refractivity contribution in [3.63, 3.8) is 0 Å². The van der Waals surface area contributed by atoms with Crippen molar-refractivity contribution in [2.75, 3.05) is 11.1 Å². The Hall–Kier alpha value is -3.43. The third-order valence-corrected chi connectivity index (χ3v) is 4.61. The molecule has 0 radical (unpaired) electrons. The average molecular weight is 383 g/mol. The largest absolute Gasteiger partial charge is 0.399 e. The zero-order valence-corrected chi connectivity index (χ0v) is 14.9. The number of anilines is 2. The summed E-state index contributed by atoms with van der Waals surface area (Å²) in [5.41, 5.74) is 14.9. The lowest BCUT2D eigenvalue weighted by atomic mass is 10.0. The van der Waals surface area contributed by atoms with E-state index in [0.717, 1.165) is 0 Å². The highest BCUT2D eigenvalue weighted by Crippen LogP contribution is 2.20. The first-order chi connectivity index (χ1) is 12.7. The van der Waals surface area contributed by atoms with Crippen LogP contribution in [0.3, 0.4) is 0 Å². The van der Waals surface area contributed by atoms with Gasteiger partial charge in [0.05, 0.1) is 33.4 Å². The molecule has 0 atom stereocenters. The molecule has 2 aromatic rings. The van der Waals surface area contributed by atoms with Crippen LogP contribution in [0.2, 0.25) is 0 Å². The van der Waals surface area contributed by atoms with E-state index in [1.807, 2.05) is 0 Å². The van der Waals surface area contributed by atoms with Crippen molar-refractivity contribution in [1.29, 1.82) is 5.41 Å². The smallest absolute Gasteiger partial charge is 0.294 e. The lowest BCUT2D eigenvalue weighted by Crippen LogP contribution is -2.21. The fourth-order valence-corrected chi connectivity index (χ4v) is 2.84. The molecule has 0 heterocycles. The molecule has 0 aliphatic heterocycles. The molecule has 8 nitrogen and oxygen atoms in total. The number of nitrogens with one attached hydrogen (secondary N) is 2. The fraction of sp³-hybridized carbons (Fsp3) is 0. The molecule has 1 aliphatic rings. The summed E-state index contributed by atoms with van der Waals surface area (Å²) in [5, 5.41) is 11.1. The maximum absolute atomic E-state index is 11.1. The number of nitrogen functional groups attached to an aromatic ring is 1. The SMILES string of the molecule is N=C1C=C(N)C(=Nc2ccc(N)cc2)C=C1Nc1ccc(S(=O)(=O)O)cc1. The minimum absolute atomic E-state index is 0.155. The zero-order chi connectivity index (χ0) is 19.6. The van der Waals surface area contributed by atoms with Crippen LogP contribution in [0, 0.1) is 5.41 Å². The highest BCUT2D eigenvalue weighted by molar-refractivity contribution is 7.85. The Morgan fingerprint density at radius 2 is 1.59 bits per heavy atom. The van der Waals surface area contributed by atoms with Crippen molar-refractivity contribution >= 4 is 38.6 Å². The number of hydrogen-bond donors (Lipinski definition) is 5. The fourth-order valence-electron chi connectivity index (χ4n) is 2.36. The molecule has 0 bridgehead atoms. The van der Waals surface area contributed by atoms with Crippen LogP contribution in [0.1, 0.15) is 0 Å². The first-order valence-electron chi connectivity index (χ1n) is 7.79. The van der Waals surface area contributed by atoms with Gasteiger partial charge in [-0.3, -0.25) is 9.96 Å². The summed E-state index contributed by atoms with van der Waals surface area (Å²) in [6.45, 7) is 0. The van der Waals surface area contributed by atoms with E-state index in [0.29, 0.717) is 34.2 Å². The van der Waals surface area contributed by atoms with Gasteiger partial charge in [-0.1, -0.05) is 0 Å². The molecule has 7 N–H and O–H groups in total. The van der Waals surface area contributed by atoms with E-state index in [-0.39, 0.29) is 10.6 Å². The summed E-state index contributed by atoms with van der Waals surface area (Å²) in [6.07, 6.45) is 3.11. The Bertz CT molecular complexity index is 1080. The van der Waals surface area contributed by atoms with E-state index in [9.17, 15) is 8.42 Å². The van der Waals surface area contributed by atoms with Crippen LogP contribution in [0.4, 0.5) is 17.1 Å². The number of nitrogens with two attached hydrogens (primary N) is 2. The van der Waals surface area contributed by atoms with Crippen LogP contribution in [-0.4, -0.2) is 24.4 Å². The number of aliphatic imine (C=N–C) groups is 1. The number of rotatable bonds is 4. The van der Waals surface area contributed by atoms with Crippen LogP contribution in [0.5, 0.6) is 0 Å². The van der Waals surface area contributed by atoms with Crippen molar-refractivity contribution in [2.24, 2.45) is 10.7 Å². The van der Waals surface area contributed by atoms with Gasteiger partial charge in [-0.05, 0) is 60.7 Å². The normalized spacial score (nSPS) is 16.0. The Balaban J connectivity index is 1.88. The van der Waals surface area contributed by atoms with E-state index in [1.54, 1.807) is 30.3 Å². The monoisotopic (exact) mass is 383 g/mol. The summed E-state index contributed by atoms with van der Waals surface area (Å²) < 4.78 is 31.2. The van der Waals surface area contributed by atoms with Crippen molar-refractivity contribution in [1.82, 2.24) is 0 Å². The van der Waals surface area contributed by atoms with Gasteiger partial charge < -0.3 is 16.8 Å². The third kappa shape index (κ3) is 4.40. The molecule has 138 valence electrons. The predicted octanol–water partition coefficient (Wildman–Crippen LogP) is 2.46. The van der Waals surface area contributed by atoms with Gasteiger partial charge in [0.2, 0.25) is 0 Å². The summed E-state index contributed by atoms with van der Waals surface area (Å²) in [6, 6.07) is 12.4. The standard InChI is InChI=1S/C18H17N5O3S/c19-11-1-3-12(4-2-11)22-17-10-18(16(21)9-15(17)20)23-13-5-7-14(8-6-13)27(24,25)26/h1-10,21,23H,19-20H2,(H,24,25,26). The van der Waals surface area contributed by atoms with E-state index in [4.69, 9.17) is 21.4 Å². The summed E-state index contributed by atoms with van der Waals surface area (Å²) in [7, 11) is -4.26. The molecule has 0 aromatic heterocycles. The van der Waals surface area contributed by atoms with Crippen molar-refractivity contribution < 1.29 is 13.0 Å². The Morgan fingerprint density at radius 3 is 2.19 bits per heavy atom. The molecule has 27 heavy (non-hydrogen) atoms. The molecule has 2 aromatic carbocycles. The first-order valence-corrected chi connectivity index (χ1v) is 9.23. The maximum Gasteiger partial charge on any atom is 0.294 e. The number of allylic oxidation sites excluding steroid dienone is 2. The van der Waals surface area contributed by atoms with Gasteiger partial charge in [0.15, 0.2) is 0 Å². The van der Waals surface area contributed by atoms with Crippen LogP contribution in [-0.2, 0) is 10.1 Å². The van der Waals surface area contributed by atoms with E-state index in [1.165, 1.54) is 30.3 Å². The second-order valence-electron chi connectivity index (χ2n) is 5.78. The van der Waals surface area contributed by atoms with Gasteiger partial charge in [-0.2, -0.15) is 8.42 Å². The second-order valence-corrected chi connectivity index (χ2v) is 7.21. The maximum atomic E-state index is 11.1. The first kappa shape index (κ1) is 18.4. The van der Waals surface area contributed by atoms with Crippen molar-refractivity contribution in [3.8, 4) is 0 Å². The Labute approximate surface area is 156 Å². The van der Waals surface area contributed by atoms with Crippen LogP contribution in [0.15, 0.2) is 82.0 Å². The van der Waals surface area contributed by atoms with Crippen LogP contribution < -0.4 is 16.8 Å². The molecule has 1 aliphatic carbocycles. The molecule has 0 saturated heterocycles. The van der Waals surface area contributed by atoms with E-state index in [2.05, 4.69) is 10.3 Å². The molecule has 0 fully saturated rings. The molecule has 0 amide bonds. The van der Waals surface area contributed by atoms with Gasteiger partial charge in [-0.15, -0.1) is 0 Å². The molecular weight excluding hydrogens is 366 g/mol.